The van der Waals surface area contributed by atoms with E-state index in [1.165, 1.54) is 0 Å². The number of ether oxygens (including phenoxy) is 1. The second-order valence-electron chi connectivity index (χ2n) is 4.42. The molecule has 2 aromatic rings. The van der Waals surface area contributed by atoms with Crippen LogP contribution in [-0.4, -0.2) is 29.1 Å². The average Bonchev–Trinajstić information content (AvgIpc) is 2.81. The van der Waals surface area contributed by atoms with Crippen molar-refractivity contribution in [2.45, 2.75) is 20.3 Å². The average molecular weight is 273 g/mol. The Morgan fingerprint density at radius 1 is 1.35 bits per heavy atom. The Morgan fingerprint density at radius 2 is 2.10 bits per heavy atom. The highest BCUT2D eigenvalue weighted by Gasteiger charge is 2.14. The van der Waals surface area contributed by atoms with Gasteiger partial charge in [-0.15, -0.1) is 0 Å². The number of hydrogen-bond acceptors (Lipinski definition) is 3. The SMILES string of the molecule is CCOCCc1nc(C(=O)Nc2ccccc2)c(C)[nH]1. The molecule has 0 fully saturated rings. The molecule has 0 aliphatic carbocycles. The molecule has 106 valence electrons. The maximum absolute atomic E-state index is 12.2. The maximum Gasteiger partial charge on any atom is 0.276 e. The van der Waals surface area contributed by atoms with Crippen molar-refractivity contribution in [2.24, 2.45) is 0 Å². The molecule has 0 spiro atoms. The van der Waals surface area contributed by atoms with Gasteiger partial charge in [0.05, 0.1) is 6.61 Å². The van der Waals surface area contributed by atoms with Crippen molar-refractivity contribution >= 4 is 11.6 Å². The van der Waals surface area contributed by atoms with E-state index in [0.717, 1.165) is 17.2 Å². The summed E-state index contributed by atoms with van der Waals surface area (Å²) >= 11 is 0. The van der Waals surface area contributed by atoms with Crippen LogP contribution in [0.15, 0.2) is 30.3 Å². The van der Waals surface area contributed by atoms with E-state index in [2.05, 4.69) is 15.3 Å². The Bertz CT molecular complexity index is 564. The Hall–Kier alpha value is -2.14. The molecule has 20 heavy (non-hydrogen) atoms. The minimum atomic E-state index is -0.201. The second kappa shape index (κ2) is 6.86. The van der Waals surface area contributed by atoms with Gasteiger partial charge >= 0.3 is 0 Å². The topological polar surface area (TPSA) is 67.0 Å². The van der Waals surface area contributed by atoms with Crippen LogP contribution in [0.4, 0.5) is 5.69 Å². The van der Waals surface area contributed by atoms with Gasteiger partial charge in [0, 0.05) is 24.4 Å². The number of amides is 1. The van der Waals surface area contributed by atoms with E-state index in [9.17, 15) is 4.79 Å². The fourth-order valence-corrected chi connectivity index (χ4v) is 1.89. The number of hydrogen-bond donors (Lipinski definition) is 2. The monoisotopic (exact) mass is 273 g/mol. The highest BCUT2D eigenvalue weighted by atomic mass is 16.5. The Balaban J connectivity index is 2.02. The molecular formula is C15H19N3O2. The highest BCUT2D eigenvalue weighted by molar-refractivity contribution is 6.03. The molecule has 0 saturated carbocycles. The van der Waals surface area contributed by atoms with Gasteiger partial charge in [-0.25, -0.2) is 4.98 Å². The van der Waals surface area contributed by atoms with Gasteiger partial charge in [-0.1, -0.05) is 18.2 Å². The standard InChI is InChI=1S/C15H19N3O2/c1-3-20-10-9-13-16-11(2)14(18-13)15(19)17-12-7-5-4-6-8-12/h4-8H,3,9-10H2,1-2H3,(H,16,18)(H,17,19). The molecule has 5 heteroatoms. The van der Waals surface area contributed by atoms with Crippen molar-refractivity contribution in [1.29, 1.82) is 0 Å². The molecule has 0 bridgehead atoms. The maximum atomic E-state index is 12.2. The van der Waals surface area contributed by atoms with Gasteiger partial charge < -0.3 is 15.0 Å². The number of H-pyrrole nitrogens is 1. The predicted octanol–water partition coefficient (Wildman–Crippen LogP) is 2.55. The fourth-order valence-electron chi connectivity index (χ4n) is 1.89. The van der Waals surface area contributed by atoms with Crippen molar-refractivity contribution in [2.75, 3.05) is 18.5 Å². The number of nitrogens with zero attached hydrogens (tertiary/aromatic N) is 1. The first-order valence-corrected chi connectivity index (χ1v) is 6.70. The van der Waals surface area contributed by atoms with Crippen LogP contribution in [0, 0.1) is 6.92 Å². The number of carbonyl (C=O) groups is 1. The fraction of sp³-hybridized carbons (Fsp3) is 0.333. The van der Waals surface area contributed by atoms with Crippen LogP contribution in [0.2, 0.25) is 0 Å². The first kappa shape index (κ1) is 14.3. The molecule has 0 saturated heterocycles. The zero-order valence-electron chi connectivity index (χ0n) is 11.8. The lowest BCUT2D eigenvalue weighted by Crippen LogP contribution is -2.13. The quantitative estimate of drug-likeness (QED) is 0.795. The van der Waals surface area contributed by atoms with Gasteiger partial charge in [0.2, 0.25) is 0 Å². The molecule has 0 atom stereocenters. The van der Waals surface area contributed by atoms with Crippen molar-refractivity contribution in [3.63, 3.8) is 0 Å². The van der Waals surface area contributed by atoms with E-state index in [0.29, 0.717) is 25.3 Å². The number of benzene rings is 1. The van der Waals surface area contributed by atoms with E-state index in [1.54, 1.807) is 0 Å². The van der Waals surface area contributed by atoms with Gasteiger partial charge in [-0.3, -0.25) is 4.79 Å². The van der Waals surface area contributed by atoms with Gasteiger partial charge in [0.15, 0.2) is 0 Å². The number of anilines is 1. The van der Waals surface area contributed by atoms with Crippen molar-refractivity contribution in [1.82, 2.24) is 9.97 Å². The zero-order chi connectivity index (χ0) is 14.4. The summed E-state index contributed by atoms with van der Waals surface area (Å²) in [4.78, 5) is 19.6. The van der Waals surface area contributed by atoms with Crippen LogP contribution in [0.1, 0.15) is 28.9 Å². The summed E-state index contributed by atoms with van der Waals surface area (Å²) in [6.07, 6.45) is 0.674. The number of rotatable bonds is 6. The van der Waals surface area contributed by atoms with Crippen LogP contribution < -0.4 is 5.32 Å². The van der Waals surface area contributed by atoms with Crippen LogP contribution in [-0.2, 0) is 11.2 Å². The Labute approximate surface area is 118 Å². The summed E-state index contributed by atoms with van der Waals surface area (Å²) in [5, 5.41) is 2.83. The summed E-state index contributed by atoms with van der Waals surface area (Å²) in [5.41, 5.74) is 1.96. The van der Waals surface area contributed by atoms with E-state index in [4.69, 9.17) is 4.74 Å². The molecule has 1 heterocycles. The first-order valence-electron chi connectivity index (χ1n) is 6.70. The number of para-hydroxylation sites is 1. The van der Waals surface area contributed by atoms with E-state index < -0.39 is 0 Å². The number of carbonyl (C=O) groups excluding carboxylic acids is 1. The molecule has 0 aliphatic heterocycles. The second-order valence-corrected chi connectivity index (χ2v) is 4.42. The lowest BCUT2D eigenvalue weighted by Gasteiger charge is -2.02. The molecule has 0 aliphatic rings. The van der Waals surface area contributed by atoms with Crippen molar-refractivity contribution in [3.05, 3.63) is 47.5 Å². The molecule has 5 nitrogen and oxygen atoms in total. The molecule has 0 radical (unpaired) electrons. The molecular weight excluding hydrogens is 254 g/mol. The summed E-state index contributed by atoms with van der Waals surface area (Å²) in [7, 11) is 0. The molecule has 1 aromatic carbocycles. The molecule has 2 N–H and O–H groups in total. The van der Waals surface area contributed by atoms with Gasteiger partial charge in [0.25, 0.3) is 5.91 Å². The number of aromatic nitrogens is 2. The largest absolute Gasteiger partial charge is 0.381 e. The van der Waals surface area contributed by atoms with Crippen LogP contribution >= 0.6 is 0 Å². The van der Waals surface area contributed by atoms with Gasteiger partial charge in [-0.05, 0) is 26.0 Å². The normalized spacial score (nSPS) is 10.5. The van der Waals surface area contributed by atoms with Crippen molar-refractivity contribution < 1.29 is 9.53 Å². The Morgan fingerprint density at radius 3 is 2.80 bits per heavy atom. The van der Waals surface area contributed by atoms with Crippen molar-refractivity contribution in [3.8, 4) is 0 Å². The minimum Gasteiger partial charge on any atom is -0.381 e. The molecule has 1 aromatic heterocycles. The predicted molar refractivity (Wildman–Crippen MR) is 77.9 cm³/mol. The summed E-state index contributed by atoms with van der Waals surface area (Å²) in [5.74, 6) is 0.571. The lowest BCUT2D eigenvalue weighted by atomic mass is 10.3. The summed E-state index contributed by atoms with van der Waals surface area (Å²) < 4.78 is 5.28. The minimum absolute atomic E-state index is 0.201. The summed E-state index contributed by atoms with van der Waals surface area (Å²) in [6, 6.07) is 9.34. The number of aromatic amines is 1. The smallest absolute Gasteiger partial charge is 0.276 e. The third-order valence-corrected chi connectivity index (χ3v) is 2.87. The van der Waals surface area contributed by atoms with Crippen LogP contribution in [0.5, 0.6) is 0 Å². The summed E-state index contributed by atoms with van der Waals surface area (Å²) in [6.45, 7) is 5.08. The highest BCUT2D eigenvalue weighted by Crippen LogP contribution is 2.11. The number of nitrogens with one attached hydrogen (secondary N) is 2. The third-order valence-electron chi connectivity index (χ3n) is 2.87. The van der Waals surface area contributed by atoms with E-state index >= 15 is 0 Å². The molecule has 2 rings (SSSR count). The third kappa shape index (κ3) is 3.68. The number of imidazole rings is 1. The van der Waals surface area contributed by atoms with E-state index in [1.807, 2.05) is 44.2 Å². The Kier molecular flexibility index (Phi) is 4.90. The lowest BCUT2D eigenvalue weighted by molar-refractivity contribution is 0.102. The van der Waals surface area contributed by atoms with Gasteiger partial charge in [0.1, 0.15) is 11.5 Å². The van der Waals surface area contributed by atoms with E-state index in [-0.39, 0.29) is 5.91 Å². The van der Waals surface area contributed by atoms with Crippen LogP contribution in [0.3, 0.4) is 0 Å². The van der Waals surface area contributed by atoms with Gasteiger partial charge in [-0.2, -0.15) is 0 Å². The number of aryl methyl sites for hydroxylation is 1. The molecule has 1 amide bonds. The van der Waals surface area contributed by atoms with Crippen LogP contribution in [0.25, 0.3) is 0 Å². The zero-order valence-corrected chi connectivity index (χ0v) is 11.8. The first-order chi connectivity index (χ1) is 9.70. The molecule has 0 unspecified atom stereocenters.